The van der Waals surface area contributed by atoms with Gasteiger partial charge in [-0.2, -0.15) is 0 Å². The average molecular weight is 397 g/mol. The predicted octanol–water partition coefficient (Wildman–Crippen LogP) is 5.02. The van der Waals surface area contributed by atoms with Crippen LogP contribution in [0.1, 0.15) is 57.1 Å². The quantitative estimate of drug-likeness (QED) is 0.495. The van der Waals surface area contributed by atoms with Crippen LogP contribution in [-0.4, -0.2) is 11.8 Å². The fraction of sp³-hybridized carbons (Fsp3) is 0.417. The van der Waals surface area contributed by atoms with Crippen LogP contribution in [-0.2, 0) is 27.5 Å². The van der Waals surface area contributed by atoms with Crippen LogP contribution in [0.25, 0.3) is 0 Å². The summed E-state index contributed by atoms with van der Waals surface area (Å²) in [4.78, 5) is 29.6. The molecule has 2 aromatic carbocycles. The summed E-state index contributed by atoms with van der Waals surface area (Å²) < 4.78 is 0. The molecule has 0 unspecified atom stereocenters. The summed E-state index contributed by atoms with van der Waals surface area (Å²) in [5.74, 6) is 0.0148. The highest BCUT2D eigenvalue weighted by Crippen LogP contribution is 2.18. The van der Waals surface area contributed by atoms with E-state index in [1.807, 2.05) is 54.6 Å². The molecule has 0 spiro atoms. The summed E-state index contributed by atoms with van der Waals surface area (Å²) in [6, 6.07) is 17.4. The second-order valence-electron chi connectivity index (χ2n) is 7.26. The van der Waals surface area contributed by atoms with E-state index in [1.54, 1.807) is 0 Å². The number of anilines is 1. The molecule has 0 radical (unpaired) electrons. The molecule has 2 aromatic rings. The molecule has 0 aliphatic heterocycles. The molecule has 0 aromatic heterocycles. The van der Waals surface area contributed by atoms with Crippen molar-refractivity contribution >= 4 is 17.5 Å². The van der Waals surface area contributed by atoms with Crippen LogP contribution in [0.4, 0.5) is 5.69 Å². The number of hydroxylamine groups is 1. The Morgan fingerprint density at radius 1 is 0.897 bits per heavy atom. The standard InChI is InChI=1S/C24H32N2O3/c1-3-8-21(9-4-2)24(28)25-22-15-12-19(13-16-22)14-17-23(27)26-29-18-20-10-6-5-7-11-20/h5-7,10-13,15-16,21H,3-4,8-9,14,17-18H2,1-2H3,(H,25,28)(H,26,27). The summed E-state index contributed by atoms with van der Waals surface area (Å²) in [6.07, 6.45) is 4.80. The molecule has 0 aliphatic rings. The third kappa shape index (κ3) is 8.48. The first-order valence-corrected chi connectivity index (χ1v) is 10.5. The van der Waals surface area contributed by atoms with Gasteiger partial charge in [-0.05, 0) is 42.5 Å². The van der Waals surface area contributed by atoms with E-state index < -0.39 is 0 Å². The third-order valence-electron chi connectivity index (χ3n) is 4.77. The van der Waals surface area contributed by atoms with Crippen LogP contribution < -0.4 is 10.8 Å². The van der Waals surface area contributed by atoms with Crippen LogP contribution in [0.3, 0.4) is 0 Å². The fourth-order valence-electron chi connectivity index (χ4n) is 3.19. The van der Waals surface area contributed by atoms with Gasteiger partial charge in [-0.15, -0.1) is 0 Å². The molecule has 5 heteroatoms. The molecular weight excluding hydrogens is 364 g/mol. The van der Waals surface area contributed by atoms with Crippen molar-refractivity contribution in [3.8, 4) is 0 Å². The molecule has 2 rings (SSSR count). The lowest BCUT2D eigenvalue weighted by atomic mass is 9.97. The van der Waals surface area contributed by atoms with Gasteiger partial charge in [-0.25, -0.2) is 5.48 Å². The molecule has 0 bridgehead atoms. The van der Waals surface area contributed by atoms with Gasteiger partial charge in [-0.1, -0.05) is 69.2 Å². The number of rotatable bonds is 12. The maximum Gasteiger partial charge on any atom is 0.243 e. The van der Waals surface area contributed by atoms with Crippen molar-refractivity contribution in [2.75, 3.05) is 5.32 Å². The summed E-state index contributed by atoms with van der Waals surface area (Å²) >= 11 is 0. The molecule has 0 atom stereocenters. The van der Waals surface area contributed by atoms with Crippen molar-refractivity contribution in [2.24, 2.45) is 5.92 Å². The maximum atomic E-state index is 12.4. The number of hydrogen-bond donors (Lipinski definition) is 2. The van der Waals surface area contributed by atoms with Crippen molar-refractivity contribution in [2.45, 2.75) is 59.0 Å². The van der Waals surface area contributed by atoms with E-state index in [-0.39, 0.29) is 17.7 Å². The largest absolute Gasteiger partial charge is 0.326 e. The normalized spacial score (nSPS) is 10.7. The highest BCUT2D eigenvalue weighted by Gasteiger charge is 2.16. The molecule has 0 fully saturated rings. The Balaban J connectivity index is 1.72. The Kier molecular flexibility index (Phi) is 9.93. The topological polar surface area (TPSA) is 67.4 Å². The van der Waals surface area contributed by atoms with Gasteiger partial charge in [-0.3, -0.25) is 14.4 Å². The van der Waals surface area contributed by atoms with Crippen molar-refractivity contribution in [1.29, 1.82) is 0 Å². The van der Waals surface area contributed by atoms with E-state index in [0.717, 1.165) is 42.5 Å². The number of amides is 2. The highest BCUT2D eigenvalue weighted by atomic mass is 16.6. The van der Waals surface area contributed by atoms with Gasteiger partial charge in [0.15, 0.2) is 0 Å². The summed E-state index contributed by atoms with van der Waals surface area (Å²) in [5.41, 5.74) is 5.32. The Morgan fingerprint density at radius 2 is 1.55 bits per heavy atom. The lowest BCUT2D eigenvalue weighted by Gasteiger charge is -2.15. The Hall–Kier alpha value is -2.66. The number of carbonyl (C=O) groups is 2. The van der Waals surface area contributed by atoms with Gasteiger partial charge < -0.3 is 5.32 Å². The van der Waals surface area contributed by atoms with E-state index in [1.165, 1.54) is 0 Å². The lowest BCUT2D eigenvalue weighted by Crippen LogP contribution is -2.23. The third-order valence-corrected chi connectivity index (χ3v) is 4.77. The van der Waals surface area contributed by atoms with Gasteiger partial charge in [0.05, 0.1) is 6.61 Å². The van der Waals surface area contributed by atoms with Crippen LogP contribution in [0.2, 0.25) is 0 Å². The first-order valence-electron chi connectivity index (χ1n) is 10.5. The molecule has 0 heterocycles. The van der Waals surface area contributed by atoms with Gasteiger partial charge in [0.2, 0.25) is 11.8 Å². The number of hydrogen-bond acceptors (Lipinski definition) is 3. The second-order valence-corrected chi connectivity index (χ2v) is 7.26. The predicted molar refractivity (Wildman–Crippen MR) is 116 cm³/mol. The molecule has 29 heavy (non-hydrogen) atoms. The number of nitrogens with one attached hydrogen (secondary N) is 2. The van der Waals surface area contributed by atoms with E-state index in [9.17, 15) is 9.59 Å². The first kappa shape index (κ1) is 22.6. The van der Waals surface area contributed by atoms with Gasteiger partial charge in [0, 0.05) is 18.0 Å². The lowest BCUT2D eigenvalue weighted by molar-refractivity contribution is -0.134. The number of carbonyl (C=O) groups excluding carboxylic acids is 2. The Bertz CT molecular complexity index is 738. The zero-order valence-corrected chi connectivity index (χ0v) is 17.4. The van der Waals surface area contributed by atoms with E-state index in [0.29, 0.717) is 19.4 Å². The molecule has 0 aliphatic carbocycles. The first-order chi connectivity index (χ1) is 14.1. The average Bonchev–Trinajstić information content (AvgIpc) is 2.74. The molecule has 156 valence electrons. The Morgan fingerprint density at radius 3 is 2.17 bits per heavy atom. The van der Waals surface area contributed by atoms with Crippen molar-refractivity contribution in [3.63, 3.8) is 0 Å². The zero-order chi connectivity index (χ0) is 20.9. The summed E-state index contributed by atoms with van der Waals surface area (Å²) in [7, 11) is 0. The van der Waals surface area contributed by atoms with Crippen molar-refractivity contribution < 1.29 is 14.4 Å². The van der Waals surface area contributed by atoms with Crippen LogP contribution >= 0.6 is 0 Å². The molecule has 2 amide bonds. The molecular formula is C24H32N2O3. The molecule has 5 nitrogen and oxygen atoms in total. The fourth-order valence-corrected chi connectivity index (χ4v) is 3.19. The minimum atomic E-state index is -0.153. The van der Waals surface area contributed by atoms with E-state index in [4.69, 9.17) is 4.84 Å². The minimum absolute atomic E-state index is 0.0734. The molecule has 2 N–H and O–H groups in total. The van der Waals surface area contributed by atoms with E-state index >= 15 is 0 Å². The van der Waals surface area contributed by atoms with Crippen molar-refractivity contribution in [3.05, 3.63) is 65.7 Å². The molecule has 0 saturated heterocycles. The highest BCUT2D eigenvalue weighted by molar-refractivity contribution is 5.92. The van der Waals surface area contributed by atoms with Gasteiger partial charge in [0.25, 0.3) is 0 Å². The minimum Gasteiger partial charge on any atom is -0.326 e. The Labute approximate surface area is 173 Å². The smallest absolute Gasteiger partial charge is 0.243 e. The maximum absolute atomic E-state index is 12.4. The second kappa shape index (κ2) is 12.7. The molecule has 0 saturated carbocycles. The number of benzene rings is 2. The van der Waals surface area contributed by atoms with Crippen molar-refractivity contribution in [1.82, 2.24) is 5.48 Å². The van der Waals surface area contributed by atoms with Crippen LogP contribution in [0.5, 0.6) is 0 Å². The van der Waals surface area contributed by atoms with Crippen LogP contribution in [0, 0.1) is 5.92 Å². The van der Waals surface area contributed by atoms with Gasteiger partial charge in [0.1, 0.15) is 0 Å². The SMILES string of the molecule is CCCC(CCC)C(=O)Nc1ccc(CCC(=O)NOCc2ccccc2)cc1. The monoisotopic (exact) mass is 396 g/mol. The van der Waals surface area contributed by atoms with E-state index in [2.05, 4.69) is 24.6 Å². The summed E-state index contributed by atoms with van der Waals surface area (Å²) in [6.45, 7) is 4.55. The zero-order valence-electron chi connectivity index (χ0n) is 17.4. The summed E-state index contributed by atoms with van der Waals surface area (Å²) in [5, 5.41) is 3.01. The van der Waals surface area contributed by atoms with Gasteiger partial charge >= 0.3 is 0 Å². The van der Waals surface area contributed by atoms with Crippen LogP contribution in [0.15, 0.2) is 54.6 Å². The number of aryl methyl sites for hydroxylation is 1.